The van der Waals surface area contributed by atoms with Gasteiger partial charge >= 0.3 is 0 Å². The second-order valence-corrected chi connectivity index (χ2v) is 17.4. The first kappa shape index (κ1) is 36.1. The van der Waals surface area contributed by atoms with Crippen molar-refractivity contribution in [2.24, 2.45) is 0 Å². The number of aryl methyl sites for hydroxylation is 2. The molecule has 6 heteroatoms. The molecular formula is C49H48N6. The van der Waals surface area contributed by atoms with Gasteiger partial charge < -0.3 is 0 Å². The van der Waals surface area contributed by atoms with Gasteiger partial charge in [0.15, 0.2) is 23.3 Å². The fraction of sp³-hybridized carbons (Fsp3) is 0.265. The fourth-order valence-electron chi connectivity index (χ4n) is 7.74. The normalized spacial score (nSPS) is 13.4. The highest BCUT2D eigenvalue weighted by molar-refractivity contribution is 5.91. The van der Waals surface area contributed by atoms with E-state index in [-0.39, 0.29) is 16.2 Å². The van der Waals surface area contributed by atoms with E-state index in [0.717, 1.165) is 33.4 Å². The first-order valence-corrected chi connectivity index (χ1v) is 19.1. The third kappa shape index (κ3) is 6.75. The minimum absolute atomic E-state index is 0.0459. The third-order valence-corrected chi connectivity index (χ3v) is 10.8. The molecule has 0 radical (unpaired) electrons. The van der Waals surface area contributed by atoms with Crippen LogP contribution in [0.1, 0.15) is 89.3 Å². The van der Waals surface area contributed by atoms with Gasteiger partial charge in [0.1, 0.15) is 11.6 Å². The van der Waals surface area contributed by atoms with Crippen molar-refractivity contribution in [1.29, 1.82) is 0 Å². The summed E-state index contributed by atoms with van der Waals surface area (Å²) in [5.74, 6) is 3.81. The van der Waals surface area contributed by atoms with Gasteiger partial charge in [0.25, 0.3) is 0 Å². The average molecular weight is 721 g/mol. The van der Waals surface area contributed by atoms with Crippen LogP contribution in [0, 0.1) is 13.8 Å². The Labute approximate surface area is 325 Å². The molecule has 1 aliphatic rings. The number of fused-ring (bicyclic) bond motifs is 3. The number of hydrogen-bond acceptors (Lipinski definition) is 6. The lowest BCUT2D eigenvalue weighted by Gasteiger charge is -2.26. The molecule has 0 atom stereocenters. The van der Waals surface area contributed by atoms with Crippen LogP contribution >= 0.6 is 0 Å². The van der Waals surface area contributed by atoms with Crippen LogP contribution < -0.4 is 0 Å². The molecule has 1 aliphatic carbocycles. The predicted octanol–water partition coefficient (Wildman–Crippen LogP) is 11.9. The zero-order valence-corrected chi connectivity index (χ0v) is 33.6. The van der Waals surface area contributed by atoms with Crippen molar-refractivity contribution >= 4 is 0 Å². The molecule has 0 fully saturated rings. The molecule has 8 rings (SSSR count). The molecule has 2 aromatic heterocycles. The first-order valence-electron chi connectivity index (χ1n) is 19.1. The zero-order valence-electron chi connectivity index (χ0n) is 33.6. The molecule has 0 N–H and O–H groups in total. The highest BCUT2D eigenvalue weighted by Gasteiger charge is 2.37. The molecule has 2 heterocycles. The molecule has 5 aromatic carbocycles. The van der Waals surface area contributed by atoms with Crippen LogP contribution in [0.2, 0.25) is 0 Å². The average Bonchev–Trinajstić information content (AvgIpc) is 3.39. The molecule has 0 saturated heterocycles. The molecule has 0 spiro atoms. The van der Waals surface area contributed by atoms with Crippen LogP contribution in [-0.4, -0.2) is 29.9 Å². The van der Waals surface area contributed by atoms with Crippen LogP contribution in [0.4, 0.5) is 0 Å². The van der Waals surface area contributed by atoms with E-state index in [9.17, 15) is 0 Å². The van der Waals surface area contributed by atoms with E-state index >= 15 is 0 Å². The summed E-state index contributed by atoms with van der Waals surface area (Å²) < 4.78 is 0. The van der Waals surface area contributed by atoms with E-state index in [0.29, 0.717) is 34.9 Å². The number of benzene rings is 5. The van der Waals surface area contributed by atoms with Gasteiger partial charge in [-0.25, -0.2) is 29.9 Å². The van der Waals surface area contributed by atoms with Crippen molar-refractivity contribution < 1.29 is 0 Å². The van der Waals surface area contributed by atoms with Crippen LogP contribution in [0.15, 0.2) is 109 Å². The Kier molecular flexibility index (Phi) is 8.64. The van der Waals surface area contributed by atoms with Gasteiger partial charge in [0.05, 0.1) is 0 Å². The van der Waals surface area contributed by atoms with Gasteiger partial charge in [-0.15, -0.1) is 0 Å². The summed E-state index contributed by atoms with van der Waals surface area (Å²) in [7, 11) is 0. The largest absolute Gasteiger partial charge is 0.219 e. The monoisotopic (exact) mass is 720 g/mol. The zero-order chi connectivity index (χ0) is 38.9. The molecule has 7 aromatic rings. The minimum atomic E-state index is -0.155. The lowest BCUT2D eigenvalue weighted by atomic mass is 9.78. The van der Waals surface area contributed by atoms with Crippen LogP contribution in [0.3, 0.4) is 0 Å². The van der Waals surface area contributed by atoms with Crippen molar-refractivity contribution in [2.45, 2.75) is 85.5 Å². The highest BCUT2D eigenvalue weighted by Crippen LogP contribution is 2.51. The summed E-state index contributed by atoms with van der Waals surface area (Å²) in [4.78, 5) is 29.9. The summed E-state index contributed by atoms with van der Waals surface area (Å²) in [6.45, 7) is 22.0. The van der Waals surface area contributed by atoms with E-state index in [2.05, 4.69) is 151 Å². The van der Waals surface area contributed by atoms with E-state index in [4.69, 9.17) is 24.9 Å². The smallest absolute Gasteiger partial charge is 0.164 e. The Morgan fingerprint density at radius 1 is 0.400 bits per heavy atom. The highest BCUT2D eigenvalue weighted by atomic mass is 15.0. The van der Waals surface area contributed by atoms with Gasteiger partial charge in [-0.1, -0.05) is 146 Å². The Hall–Kier alpha value is -5.88. The summed E-state index contributed by atoms with van der Waals surface area (Å²) in [5, 5.41) is 0. The Balaban J connectivity index is 1.41. The number of hydrogen-bond donors (Lipinski definition) is 0. The van der Waals surface area contributed by atoms with Crippen molar-refractivity contribution in [2.75, 3.05) is 0 Å². The quantitative estimate of drug-likeness (QED) is 0.176. The molecule has 0 bridgehead atoms. The number of rotatable bonds is 5. The van der Waals surface area contributed by atoms with Crippen molar-refractivity contribution in [3.8, 4) is 67.8 Å². The number of aromatic nitrogens is 6. The minimum Gasteiger partial charge on any atom is -0.219 e. The van der Waals surface area contributed by atoms with Crippen molar-refractivity contribution in [3.05, 3.63) is 143 Å². The number of nitrogens with zero attached hydrogens (tertiary/aromatic N) is 6. The molecule has 274 valence electrons. The maximum Gasteiger partial charge on any atom is 0.164 e. The van der Waals surface area contributed by atoms with Gasteiger partial charge in [-0.2, -0.15) is 0 Å². The van der Waals surface area contributed by atoms with Crippen LogP contribution in [0.25, 0.3) is 67.8 Å². The van der Waals surface area contributed by atoms with Crippen molar-refractivity contribution in [3.63, 3.8) is 0 Å². The summed E-state index contributed by atoms with van der Waals surface area (Å²) >= 11 is 0. The topological polar surface area (TPSA) is 77.3 Å². The molecule has 0 unspecified atom stereocenters. The summed E-state index contributed by atoms with van der Waals surface area (Å²) in [6.07, 6.45) is 0. The van der Waals surface area contributed by atoms with E-state index in [1.54, 1.807) is 0 Å². The van der Waals surface area contributed by atoms with Gasteiger partial charge in [0, 0.05) is 27.7 Å². The lowest BCUT2D eigenvalue weighted by Crippen LogP contribution is -2.16. The van der Waals surface area contributed by atoms with Gasteiger partial charge in [-0.05, 0) is 87.4 Å². The fourth-order valence-corrected chi connectivity index (χ4v) is 7.74. The first-order chi connectivity index (χ1) is 26.1. The summed E-state index contributed by atoms with van der Waals surface area (Å²) in [6, 6.07) is 38.9. The Morgan fingerprint density at radius 3 is 1.49 bits per heavy atom. The Morgan fingerprint density at radius 2 is 0.873 bits per heavy atom. The molecule has 0 saturated carbocycles. The van der Waals surface area contributed by atoms with Gasteiger partial charge in [-0.3, -0.25) is 0 Å². The second kappa shape index (κ2) is 13.2. The molecule has 0 aliphatic heterocycles. The van der Waals surface area contributed by atoms with E-state index in [1.807, 2.05) is 32.0 Å². The maximum atomic E-state index is 5.34. The van der Waals surface area contributed by atoms with Gasteiger partial charge in [0.2, 0.25) is 0 Å². The van der Waals surface area contributed by atoms with E-state index < -0.39 is 0 Å². The molecule has 0 amide bonds. The van der Waals surface area contributed by atoms with Crippen LogP contribution in [0.5, 0.6) is 0 Å². The van der Waals surface area contributed by atoms with E-state index in [1.165, 1.54) is 33.4 Å². The Bertz CT molecular complexity index is 2560. The van der Waals surface area contributed by atoms with Crippen LogP contribution in [-0.2, 0) is 16.2 Å². The second-order valence-electron chi connectivity index (χ2n) is 17.4. The standard InChI is InChI=1S/C49H48N6/c1-29-50-30(2)52-44(51-29)34-23-32(33-26-36(47(3,4)5)28-37(27-33)48(6,7)8)24-35(25-34)45-53-43(31-17-12-11-13-18-31)54-46(55-45)39-20-16-22-41-42(39)38-19-14-15-21-40(38)49(41,9)10/h11-28H,1-10H3. The SMILES string of the molecule is Cc1nc(C)nc(-c2cc(-c3cc(C(C)(C)C)cc(C(C)(C)C)c3)cc(-c3nc(-c4ccccc4)nc(-c4cccc5c4-c4ccccc4C5(C)C)n3)c2)n1. The lowest BCUT2D eigenvalue weighted by molar-refractivity contribution is 0.569. The maximum absolute atomic E-state index is 5.34. The molecule has 6 nitrogen and oxygen atoms in total. The van der Waals surface area contributed by atoms with Crippen molar-refractivity contribution in [1.82, 2.24) is 29.9 Å². The molecule has 55 heavy (non-hydrogen) atoms. The predicted molar refractivity (Wildman–Crippen MR) is 225 cm³/mol. The molecular weight excluding hydrogens is 673 g/mol. The third-order valence-electron chi connectivity index (χ3n) is 10.8. The summed E-state index contributed by atoms with van der Waals surface area (Å²) in [5.41, 5.74) is 13.1.